The van der Waals surface area contributed by atoms with E-state index in [9.17, 15) is 19.2 Å². The van der Waals surface area contributed by atoms with E-state index in [1.165, 1.54) is 19.1 Å². The molecule has 0 saturated heterocycles. The maximum absolute atomic E-state index is 11.9. The van der Waals surface area contributed by atoms with Gasteiger partial charge in [0.05, 0.1) is 0 Å². The van der Waals surface area contributed by atoms with Crippen molar-refractivity contribution in [3.63, 3.8) is 0 Å². The zero-order valence-corrected chi connectivity index (χ0v) is 11.3. The van der Waals surface area contributed by atoms with Crippen molar-refractivity contribution in [2.75, 3.05) is 18.4 Å². The number of nitrogens with zero attached hydrogens (tertiary/aromatic N) is 1. The van der Waals surface area contributed by atoms with Crippen LogP contribution in [0.1, 0.15) is 17.3 Å². The number of carbonyl (C=O) groups is 4. The van der Waals surface area contributed by atoms with Crippen molar-refractivity contribution in [2.45, 2.75) is 6.92 Å². The van der Waals surface area contributed by atoms with E-state index in [1.54, 1.807) is 12.1 Å². The molecule has 0 aromatic heterocycles. The summed E-state index contributed by atoms with van der Waals surface area (Å²) < 4.78 is 0. The molecule has 0 heterocycles. The first-order chi connectivity index (χ1) is 9.79. The molecule has 1 aromatic rings. The average Bonchev–Trinajstić information content (AvgIpc) is 2.37. The highest BCUT2D eigenvalue weighted by Gasteiger charge is 2.19. The molecule has 0 bridgehead atoms. The number of urea groups is 1. The highest BCUT2D eigenvalue weighted by atomic mass is 16.4. The minimum atomic E-state index is -1.27. The maximum Gasteiger partial charge on any atom is 0.323 e. The molecule has 0 aliphatic heterocycles. The molecule has 1 rings (SSSR count). The summed E-state index contributed by atoms with van der Waals surface area (Å²) in [6, 6.07) is 5.34. The van der Waals surface area contributed by atoms with Crippen LogP contribution in [0.2, 0.25) is 0 Å². The number of carboxylic acids is 1. The molecule has 8 heteroatoms. The zero-order valence-electron chi connectivity index (χ0n) is 11.3. The molecule has 0 fully saturated rings. The standard InChI is InChI=1S/C13H15N3O5/c1-8(17)9-3-2-4-10(5-9)15-13(21)16(6-11(14)18)7-12(19)20/h2-5H,6-7H2,1H3,(H2,14,18)(H,15,21)(H,19,20). The molecule has 0 aliphatic rings. The number of benzene rings is 1. The van der Waals surface area contributed by atoms with Crippen molar-refractivity contribution in [3.05, 3.63) is 29.8 Å². The Morgan fingerprint density at radius 3 is 2.43 bits per heavy atom. The Kier molecular flexibility index (Phi) is 5.41. The lowest BCUT2D eigenvalue weighted by Gasteiger charge is -2.19. The van der Waals surface area contributed by atoms with Gasteiger partial charge in [-0.2, -0.15) is 0 Å². The molecule has 112 valence electrons. The van der Waals surface area contributed by atoms with Crippen molar-refractivity contribution in [2.24, 2.45) is 5.73 Å². The molecule has 4 N–H and O–H groups in total. The van der Waals surface area contributed by atoms with Gasteiger partial charge < -0.3 is 21.1 Å². The average molecular weight is 293 g/mol. The van der Waals surface area contributed by atoms with Gasteiger partial charge in [0.25, 0.3) is 0 Å². The second-order valence-electron chi connectivity index (χ2n) is 4.28. The third kappa shape index (κ3) is 5.31. The molecule has 8 nitrogen and oxygen atoms in total. The Hall–Kier alpha value is -2.90. The summed E-state index contributed by atoms with van der Waals surface area (Å²) >= 11 is 0. The highest BCUT2D eigenvalue weighted by Crippen LogP contribution is 2.12. The number of nitrogens with one attached hydrogen (secondary N) is 1. The van der Waals surface area contributed by atoms with Crippen LogP contribution in [-0.4, -0.2) is 46.8 Å². The summed E-state index contributed by atoms with van der Waals surface area (Å²) in [5.41, 5.74) is 5.67. The lowest BCUT2D eigenvalue weighted by Crippen LogP contribution is -2.43. The summed E-state index contributed by atoms with van der Waals surface area (Å²) in [5.74, 6) is -2.28. The largest absolute Gasteiger partial charge is 0.480 e. The van der Waals surface area contributed by atoms with Crippen LogP contribution in [0.3, 0.4) is 0 Å². The molecule has 0 spiro atoms. The molecule has 21 heavy (non-hydrogen) atoms. The summed E-state index contributed by atoms with van der Waals surface area (Å²) in [4.78, 5) is 45.5. The number of rotatable bonds is 6. The van der Waals surface area contributed by atoms with E-state index in [0.717, 1.165) is 4.90 Å². The van der Waals surface area contributed by atoms with Gasteiger partial charge in [-0.3, -0.25) is 14.4 Å². The van der Waals surface area contributed by atoms with E-state index < -0.39 is 31.0 Å². The van der Waals surface area contributed by atoms with Crippen molar-refractivity contribution in [1.82, 2.24) is 4.90 Å². The quantitative estimate of drug-likeness (QED) is 0.649. The van der Waals surface area contributed by atoms with Gasteiger partial charge in [-0.05, 0) is 19.1 Å². The molecule has 0 saturated carbocycles. The lowest BCUT2D eigenvalue weighted by atomic mass is 10.1. The van der Waals surface area contributed by atoms with Crippen LogP contribution in [0.15, 0.2) is 24.3 Å². The maximum atomic E-state index is 11.9. The Balaban J connectivity index is 2.85. The SMILES string of the molecule is CC(=O)c1cccc(NC(=O)N(CC(N)=O)CC(=O)O)c1. The minimum absolute atomic E-state index is 0.175. The Bertz CT molecular complexity index is 569. The molecular formula is C13H15N3O5. The fourth-order valence-electron chi connectivity index (χ4n) is 1.57. The Morgan fingerprint density at radius 2 is 1.90 bits per heavy atom. The number of Topliss-reactive ketones (excluding diaryl/α,β-unsaturated/α-hetero) is 1. The van der Waals surface area contributed by atoms with Gasteiger partial charge in [0.1, 0.15) is 13.1 Å². The van der Waals surface area contributed by atoms with Crippen LogP contribution in [-0.2, 0) is 9.59 Å². The number of nitrogens with two attached hydrogens (primary N) is 1. The van der Waals surface area contributed by atoms with E-state index >= 15 is 0 Å². The van der Waals surface area contributed by atoms with Gasteiger partial charge in [0.2, 0.25) is 5.91 Å². The number of amides is 3. The van der Waals surface area contributed by atoms with Crippen LogP contribution >= 0.6 is 0 Å². The number of primary amides is 1. The summed E-state index contributed by atoms with van der Waals surface area (Å²) in [6.45, 7) is 0.191. The van der Waals surface area contributed by atoms with E-state index in [1.807, 2.05) is 0 Å². The smallest absolute Gasteiger partial charge is 0.323 e. The van der Waals surface area contributed by atoms with Crippen LogP contribution in [0.25, 0.3) is 0 Å². The molecule has 3 amide bonds. The predicted octanol–water partition coefficient (Wildman–Crippen LogP) is 0.293. The van der Waals surface area contributed by atoms with Crippen LogP contribution < -0.4 is 11.1 Å². The number of aliphatic carboxylic acids is 1. The van der Waals surface area contributed by atoms with Gasteiger partial charge in [-0.25, -0.2) is 4.79 Å². The number of hydrogen-bond acceptors (Lipinski definition) is 4. The fourth-order valence-corrected chi connectivity index (χ4v) is 1.57. The van der Waals surface area contributed by atoms with E-state index in [2.05, 4.69) is 5.32 Å². The number of hydrogen-bond donors (Lipinski definition) is 3. The Labute approximate surface area is 120 Å². The van der Waals surface area contributed by atoms with Crippen LogP contribution in [0.4, 0.5) is 10.5 Å². The van der Waals surface area contributed by atoms with E-state index in [-0.39, 0.29) is 5.78 Å². The number of carbonyl (C=O) groups excluding carboxylic acids is 3. The lowest BCUT2D eigenvalue weighted by molar-refractivity contribution is -0.137. The number of anilines is 1. The second-order valence-corrected chi connectivity index (χ2v) is 4.28. The van der Waals surface area contributed by atoms with Gasteiger partial charge in [-0.1, -0.05) is 12.1 Å². The normalized spacial score (nSPS) is 9.76. The topological polar surface area (TPSA) is 130 Å². The molecular weight excluding hydrogens is 278 g/mol. The van der Waals surface area contributed by atoms with Crippen molar-refractivity contribution >= 4 is 29.4 Å². The monoisotopic (exact) mass is 293 g/mol. The van der Waals surface area contributed by atoms with Gasteiger partial charge in [0.15, 0.2) is 5.78 Å². The van der Waals surface area contributed by atoms with Crippen molar-refractivity contribution in [1.29, 1.82) is 0 Å². The second kappa shape index (κ2) is 7.04. The summed E-state index contributed by atoms with van der Waals surface area (Å²) in [6.07, 6.45) is 0. The molecule has 0 radical (unpaired) electrons. The summed E-state index contributed by atoms with van der Waals surface area (Å²) in [7, 11) is 0. The number of ketones is 1. The molecule has 0 aliphatic carbocycles. The molecule has 0 atom stereocenters. The van der Waals surface area contributed by atoms with E-state index in [4.69, 9.17) is 10.8 Å². The van der Waals surface area contributed by atoms with Crippen molar-refractivity contribution < 1.29 is 24.3 Å². The Morgan fingerprint density at radius 1 is 1.24 bits per heavy atom. The van der Waals surface area contributed by atoms with Gasteiger partial charge in [0, 0.05) is 11.3 Å². The van der Waals surface area contributed by atoms with Crippen LogP contribution in [0, 0.1) is 0 Å². The first kappa shape index (κ1) is 16.2. The predicted molar refractivity (Wildman–Crippen MR) is 73.9 cm³/mol. The molecule has 1 aromatic carbocycles. The first-order valence-corrected chi connectivity index (χ1v) is 5.96. The van der Waals surface area contributed by atoms with Crippen LogP contribution in [0.5, 0.6) is 0 Å². The third-order valence-electron chi connectivity index (χ3n) is 2.48. The zero-order chi connectivity index (χ0) is 16.0. The highest BCUT2D eigenvalue weighted by molar-refractivity contribution is 5.97. The third-order valence-corrected chi connectivity index (χ3v) is 2.48. The van der Waals surface area contributed by atoms with Crippen molar-refractivity contribution in [3.8, 4) is 0 Å². The fraction of sp³-hybridized carbons (Fsp3) is 0.231. The van der Waals surface area contributed by atoms with Gasteiger partial charge in [-0.15, -0.1) is 0 Å². The van der Waals surface area contributed by atoms with E-state index in [0.29, 0.717) is 11.3 Å². The minimum Gasteiger partial charge on any atom is -0.480 e. The molecule has 0 unspecified atom stereocenters. The number of carboxylic acid groups (broad SMARTS) is 1. The van der Waals surface area contributed by atoms with Gasteiger partial charge >= 0.3 is 12.0 Å². The summed E-state index contributed by atoms with van der Waals surface area (Å²) in [5, 5.41) is 11.1. The first-order valence-electron chi connectivity index (χ1n) is 5.96.